The molecule has 0 saturated heterocycles. The van der Waals surface area contributed by atoms with Crippen molar-refractivity contribution in [3.8, 4) is 0 Å². The zero-order valence-electron chi connectivity index (χ0n) is 4.57. The smallest absolute Gasteiger partial charge is 0.184 e. The number of hydrogen-bond donors (Lipinski definition) is 0. The summed E-state index contributed by atoms with van der Waals surface area (Å²) in [7, 11) is -1.47. The Labute approximate surface area is 88.4 Å². The first-order chi connectivity index (χ1) is 4.81. The monoisotopic (exact) mass is 310 g/mol. The molecule has 0 aromatic carbocycles. The summed E-state index contributed by atoms with van der Waals surface area (Å²) in [5.74, 6) is -5.46. The lowest BCUT2D eigenvalue weighted by molar-refractivity contribution is 1.81. The van der Waals surface area contributed by atoms with E-state index in [4.69, 9.17) is 56.2 Å². The lowest BCUT2D eigenvalue weighted by Crippen LogP contribution is -1.57. The molecule has 1 radical (unpaired) electrons. The largest absolute Gasteiger partial charge is 0.260 e. The van der Waals surface area contributed by atoms with Crippen LogP contribution in [0.4, 0.5) is 0 Å². The Morgan fingerprint density at radius 3 is 1.91 bits per heavy atom. The molecule has 3 nitrogen and oxygen atoms in total. The average molecular weight is 312 g/mol. The molecule has 11 heteroatoms. The van der Waals surface area contributed by atoms with Crippen molar-refractivity contribution in [2.24, 2.45) is 13.5 Å². The van der Waals surface area contributed by atoms with Crippen molar-refractivity contribution in [2.45, 2.75) is 0 Å². The lowest BCUT2D eigenvalue weighted by atomic mass is 13.8. The third kappa shape index (κ3) is 3.71. The van der Waals surface area contributed by atoms with Crippen LogP contribution in [0.2, 0.25) is 0 Å². The van der Waals surface area contributed by atoms with Crippen molar-refractivity contribution in [2.75, 3.05) is 0 Å². The number of hydrogen-bond acceptors (Lipinski definition) is 3. The minimum Gasteiger partial charge on any atom is -0.184 e. The summed E-state index contributed by atoms with van der Waals surface area (Å²) in [5, 5.41) is 0. The molecule has 1 rings (SSSR count). The molecule has 0 fully saturated rings. The molecule has 0 aromatic rings. The summed E-state index contributed by atoms with van der Waals surface area (Å²) in [5.41, 5.74) is 0. The van der Waals surface area contributed by atoms with Gasteiger partial charge in [0.1, 0.15) is 0 Å². The van der Waals surface area contributed by atoms with Gasteiger partial charge in [-0.15, -0.1) is 0 Å². The molecule has 1 unspecified atom stereocenters. The fraction of sp³-hybridized carbons (Fsp3) is 0. The van der Waals surface area contributed by atoms with Gasteiger partial charge in [0.2, 0.25) is 0 Å². The van der Waals surface area contributed by atoms with Crippen molar-refractivity contribution in [1.82, 2.24) is 0 Å². The molecule has 1 heterocycles. The first kappa shape index (κ1) is 11.1. The Morgan fingerprint density at radius 1 is 1.00 bits per heavy atom. The summed E-state index contributed by atoms with van der Waals surface area (Å²) in [6.45, 7) is 0. The molecule has 1 aliphatic rings. The van der Waals surface area contributed by atoms with Crippen molar-refractivity contribution in [3.63, 3.8) is 0 Å². The number of nitrogens with zero attached hydrogens (tertiary/aromatic N) is 3. The average Bonchev–Trinajstić information content (AvgIpc) is 1.49. The normalized spacial score (nSPS) is 29.7. The molecule has 65 valence electrons. The fourth-order valence-electron chi connectivity index (χ4n) is 0.361. The van der Waals surface area contributed by atoms with Gasteiger partial charge >= 0.3 is 0 Å². The van der Waals surface area contributed by atoms with Gasteiger partial charge in [0, 0.05) is 0 Å². The van der Waals surface area contributed by atoms with Gasteiger partial charge in [0.05, 0.1) is 0 Å². The molecular weight excluding hydrogens is 312 g/mol. The van der Waals surface area contributed by atoms with Crippen molar-refractivity contribution < 1.29 is 0 Å². The van der Waals surface area contributed by atoms with Crippen LogP contribution >= 0.6 is 75.2 Å². The second-order valence-electron chi connectivity index (χ2n) is 1.42. The van der Waals surface area contributed by atoms with Crippen LogP contribution in [0, 0.1) is 0 Å². The van der Waals surface area contributed by atoms with E-state index in [0.29, 0.717) is 0 Å². The predicted octanol–water partition coefficient (Wildman–Crippen LogP) is 6.58. The maximum absolute atomic E-state index is 5.63. The van der Waals surface area contributed by atoms with Crippen LogP contribution in [0.25, 0.3) is 0 Å². The van der Waals surface area contributed by atoms with E-state index in [1.54, 1.807) is 0 Å². The van der Waals surface area contributed by atoms with Gasteiger partial charge in [-0.05, 0) is 56.2 Å². The van der Waals surface area contributed by atoms with Gasteiger partial charge in [-0.1, -0.05) is 0 Å². The summed E-state index contributed by atoms with van der Waals surface area (Å²) in [6, 6.07) is 0. The van der Waals surface area contributed by atoms with Crippen LogP contribution in [0.1, 0.15) is 0 Å². The molecule has 0 saturated carbocycles. The predicted molar refractivity (Wildman–Crippen MR) is 57.3 cm³/mol. The van der Waals surface area contributed by atoms with Crippen molar-refractivity contribution in [1.29, 1.82) is 0 Å². The van der Waals surface area contributed by atoms with Gasteiger partial charge in [0.15, 0.2) is 7.22 Å². The highest BCUT2D eigenvalue weighted by molar-refractivity contribution is 8.21. The number of halogens is 5. The van der Waals surface area contributed by atoms with Crippen molar-refractivity contribution in [3.05, 3.63) is 0 Å². The van der Waals surface area contributed by atoms with E-state index in [0.717, 1.165) is 0 Å². The minimum absolute atomic E-state index is 1.47. The molecule has 1 aliphatic heterocycles. The van der Waals surface area contributed by atoms with E-state index in [9.17, 15) is 0 Å². The fourth-order valence-corrected chi connectivity index (χ4v) is 14.3. The molecular formula is Cl5N3P3. The van der Waals surface area contributed by atoms with Crippen molar-refractivity contribution >= 4 is 75.2 Å². The Hall–Kier alpha value is 2.01. The third-order valence-corrected chi connectivity index (χ3v) is 11.3. The highest BCUT2D eigenvalue weighted by atomic mass is 35.9. The summed E-state index contributed by atoms with van der Waals surface area (Å²) in [4.78, 5) is 0. The summed E-state index contributed by atoms with van der Waals surface area (Å²) >= 11 is 28.1. The first-order valence-corrected chi connectivity index (χ1v) is 11.2. The Bertz CT molecular complexity index is 295. The highest BCUT2D eigenvalue weighted by Crippen LogP contribution is 2.81. The molecule has 0 aliphatic carbocycles. The maximum atomic E-state index is 5.63. The van der Waals surface area contributed by atoms with Gasteiger partial charge in [-0.3, -0.25) is 0 Å². The number of rotatable bonds is 0. The second kappa shape index (κ2) is 3.64. The van der Waals surface area contributed by atoms with Gasteiger partial charge < -0.3 is 0 Å². The van der Waals surface area contributed by atoms with Crippen LogP contribution in [-0.4, -0.2) is 0 Å². The summed E-state index contributed by atoms with van der Waals surface area (Å²) in [6.07, 6.45) is 0. The summed E-state index contributed by atoms with van der Waals surface area (Å²) < 4.78 is 11.1. The second-order valence-corrected chi connectivity index (χ2v) is 13.5. The quantitative estimate of drug-likeness (QED) is 0.453. The zero-order valence-corrected chi connectivity index (χ0v) is 11.0. The first-order valence-electron chi connectivity index (χ1n) is 2.05. The molecule has 0 N–H and O–H groups in total. The topological polar surface area (TPSA) is 37.1 Å². The van der Waals surface area contributed by atoms with Crippen LogP contribution < -0.4 is 0 Å². The highest BCUT2D eigenvalue weighted by Gasteiger charge is 2.24. The van der Waals surface area contributed by atoms with Crippen LogP contribution in [0.5, 0.6) is 0 Å². The van der Waals surface area contributed by atoms with Crippen LogP contribution in [0.15, 0.2) is 13.5 Å². The Morgan fingerprint density at radius 2 is 1.55 bits per heavy atom. The van der Waals surface area contributed by atoms with E-state index >= 15 is 0 Å². The Balaban J connectivity index is 3.31. The van der Waals surface area contributed by atoms with E-state index in [1.165, 1.54) is 0 Å². The van der Waals surface area contributed by atoms with Crippen LogP contribution in [0.3, 0.4) is 0 Å². The van der Waals surface area contributed by atoms with E-state index < -0.39 is 19.0 Å². The maximum Gasteiger partial charge on any atom is 0.260 e. The SMILES string of the molecule is Cl[P]1=NP(Cl)(Cl)=NP(Cl)(Cl)=N1. The molecule has 11 heavy (non-hydrogen) atoms. The van der Waals surface area contributed by atoms with Crippen LogP contribution in [-0.2, 0) is 0 Å². The molecule has 0 bridgehead atoms. The molecule has 0 aromatic heterocycles. The molecule has 0 spiro atoms. The third-order valence-electron chi connectivity index (χ3n) is 0.578. The Kier molecular flexibility index (Phi) is 3.66. The minimum atomic E-state index is -2.73. The van der Waals surface area contributed by atoms with Gasteiger partial charge in [-0.2, -0.15) is 13.5 Å². The molecule has 1 atom stereocenters. The van der Waals surface area contributed by atoms with E-state index in [-0.39, 0.29) is 0 Å². The lowest BCUT2D eigenvalue weighted by Gasteiger charge is -2.11. The zero-order chi connectivity index (χ0) is 8.70. The standard InChI is InChI=1S/Cl5N3P3/c1-9-6-10(2,3)8-11(4,5)7-9. The van der Waals surface area contributed by atoms with E-state index in [1.807, 2.05) is 0 Å². The van der Waals surface area contributed by atoms with Gasteiger partial charge in [-0.25, -0.2) is 0 Å². The van der Waals surface area contributed by atoms with Gasteiger partial charge in [0.25, 0.3) is 11.8 Å². The molecule has 0 amide bonds. The van der Waals surface area contributed by atoms with E-state index in [2.05, 4.69) is 13.5 Å².